The second-order valence-corrected chi connectivity index (χ2v) is 5.20. The molecule has 2 heteroatoms. The first-order valence-electron chi connectivity index (χ1n) is 4.45. The van der Waals surface area contributed by atoms with Crippen LogP contribution in [0.15, 0.2) is 0 Å². The van der Waals surface area contributed by atoms with Crippen LogP contribution >= 0.6 is 11.8 Å². The maximum atomic E-state index is 3.42. The van der Waals surface area contributed by atoms with Crippen molar-refractivity contribution in [1.82, 2.24) is 5.32 Å². The molecule has 0 heterocycles. The van der Waals surface area contributed by atoms with E-state index in [9.17, 15) is 0 Å². The van der Waals surface area contributed by atoms with E-state index >= 15 is 0 Å². The van der Waals surface area contributed by atoms with Crippen molar-refractivity contribution >= 4 is 11.8 Å². The van der Waals surface area contributed by atoms with Crippen molar-refractivity contribution in [1.29, 1.82) is 0 Å². The molecule has 0 spiro atoms. The fraction of sp³-hybridized carbons (Fsp3) is 1.00. The largest absolute Gasteiger partial charge is 0.316 e. The molecule has 0 saturated heterocycles. The summed E-state index contributed by atoms with van der Waals surface area (Å²) < 4.78 is 0. The maximum absolute atomic E-state index is 3.42. The molecule has 68 valence electrons. The Morgan fingerprint density at radius 3 is 2.27 bits per heavy atom. The van der Waals surface area contributed by atoms with E-state index in [4.69, 9.17) is 0 Å². The van der Waals surface area contributed by atoms with E-state index in [1.807, 2.05) is 11.8 Å². The molecule has 0 aromatic heterocycles. The van der Waals surface area contributed by atoms with Crippen LogP contribution in [0.1, 0.15) is 27.7 Å². The highest BCUT2D eigenvalue weighted by Crippen LogP contribution is 2.06. The van der Waals surface area contributed by atoms with Gasteiger partial charge in [0.15, 0.2) is 0 Å². The number of hydrogen-bond acceptors (Lipinski definition) is 2. The topological polar surface area (TPSA) is 12.0 Å². The molecule has 1 N–H and O–H groups in total. The van der Waals surface area contributed by atoms with Gasteiger partial charge in [-0.05, 0) is 17.7 Å². The Labute approximate surface area is 75.3 Å². The zero-order chi connectivity index (χ0) is 8.69. The van der Waals surface area contributed by atoms with Gasteiger partial charge >= 0.3 is 0 Å². The molecule has 0 aliphatic rings. The van der Waals surface area contributed by atoms with Crippen LogP contribution in [-0.4, -0.2) is 24.1 Å². The summed E-state index contributed by atoms with van der Waals surface area (Å²) in [4.78, 5) is 0. The van der Waals surface area contributed by atoms with Gasteiger partial charge in [-0.15, -0.1) is 0 Å². The second-order valence-electron chi connectivity index (χ2n) is 3.52. The Balaban J connectivity index is 2.91. The summed E-state index contributed by atoms with van der Waals surface area (Å²) >= 11 is 2.02. The third-order valence-corrected chi connectivity index (χ3v) is 2.39. The van der Waals surface area contributed by atoms with Gasteiger partial charge in [0.1, 0.15) is 0 Å². The minimum atomic E-state index is 0.774. The van der Waals surface area contributed by atoms with Crippen LogP contribution in [0.5, 0.6) is 0 Å². The molecule has 0 saturated carbocycles. The molecule has 11 heavy (non-hydrogen) atoms. The van der Waals surface area contributed by atoms with Crippen LogP contribution in [-0.2, 0) is 0 Å². The van der Waals surface area contributed by atoms with Gasteiger partial charge in [0, 0.05) is 12.3 Å². The third-order valence-electron chi connectivity index (χ3n) is 1.28. The van der Waals surface area contributed by atoms with E-state index in [0.29, 0.717) is 0 Å². The smallest absolute Gasteiger partial charge is 0.00606 e. The number of hydrogen-bond donors (Lipinski definition) is 1. The molecule has 0 aromatic carbocycles. The highest BCUT2D eigenvalue weighted by molar-refractivity contribution is 7.99. The number of thioether (sulfide) groups is 1. The second kappa shape index (κ2) is 6.99. The fourth-order valence-electron chi connectivity index (χ4n) is 0.758. The first kappa shape index (κ1) is 11.3. The average Bonchev–Trinajstić information content (AvgIpc) is 1.85. The summed E-state index contributed by atoms with van der Waals surface area (Å²) in [6, 6.07) is 0. The van der Waals surface area contributed by atoms with E-state index in [0.717, 1.165) is 24.3 Å². The third kappa shape index (κ3) is 10.3. The van der Waals surface area contributed by atoms with Crippen molar-refractivity contribution in [2.75, 3.05) is 18.8 Å². The van der Waals surface area contributed by atoms with Gasteiger partial charge in [-0.2, -0.15) is 11.8 Å². The van der Waals surface area contributed by atoms with Gasteiger partial charge < -0.3 is 5.32 Å². The minimum absolute atomic E-state index is 0.774. The summed E-state index contributed by atoms with van der Waals surface area (Å²) in [7, 11) is 0. The maximum Gasteiger partial charge on any atom is 0.00606 e. The molecule has 0 aliphatic carbocycles. The van der Waals surface area contributed by atoms with Gasteiger partial charge in [0.25, 0.3) is 0 Å². The zero-order valence-corrected chi connectivity index (χ0v) is 9.00. The zero-order valence-electron chi connectivity index (χ0n) is 8.18. The van der Waals surface area contributed by atoms with Crippen LogP contribution < -0.4 is 5.32 Å². The molecule has 0 radical (unpaired) electrons. The van der Waals surface area contributed by atoms with Gasteiger partial charge in [-0.1, -0.05) is 27.7 Å². The molecule has 0 unspecified atom stereocenters. The Morgan fingerprint density at radius 2 is 1.82 bits per heavy atom. The molecular formula is C9H21NS. The van der Waals surface area contributed by atoms with Crippen molar-refractivity contribution in [3.63, 3.8) is 0 Å². The first-order valence-corrected chi connectivity index (χ1v) is 5.50. The molecule has 1 nitrogen and oxygen atoms in total. The molecule has 0 bridgehead atoms. The van der Waals surface area contributed by atoms with Crippen LogP contribution in [0.3, 0.4) is 0 Å². The fourth-order valence-corrected chi connectivity index (χ4v) is 1.49. The van der Waals surface area contributed by atoms with Crippen molar-refractivity contribution < 1.29 is 0 Å². The Bertz CT molecular complexity index is 71.6. The van der Waals surface area contributed by atoms with Crippen LogP contribution in [0.4, 0.5) is 0 Å². The van der Waals surface area contributed by atoms with Crippen molar-refractivity contribution in [2.24, 2.45) is 5.92 Å². The van der Waals surface area contributed by atoms with Crippen molar-refractivity contribution in [3.05, 3.63) is 0 Å². The van der Waals surface area contributed by atoms with E-state index in [1.54, 1.807) is 0 Å². The van der Waals surface area contributed by atoms with E-state index < -0.39 is 0 Å². The highest BCUT2D eigenvalue weighted by atomic mass is 32.2. The van der Waals surface area contributed by atoms with E-state index in [1.165, 1.54) is 5.75 Å². The Kier molecular flexibility index (Phi) is 7.18. The van der Waals surface area contributed by atoms with Gasteiger partial charge in [0.2, 0.25) is 0 Å². The summed E-state index contributed by atoms with van der Waals surface area (Å²) in [5.74, 6) is 2.02. The first-order chi connectivity index (χ1) is 5.13. The van der Waals surface area contributed by atoms with Crippen LogP contribution in [0, 0.1) is 5.92 Å². The summed E-state index contributed by atoms with van der Waals surface area (Å²) in [5.41, 5.74) is 0. The number of nitrogens with one attached hydrogen (secondary N) is 1. The lowest BCUT2D eigenvalue weighted by Crippen LogP contribution is -2.22. The lowest BCUT2D eigenvalue weighted by atomic mass is 10.2. The van der Waals surface area contributed by atoms with Crippen molar-refractivity contribution in [2.45, 2.75) is 32.9 Å². The average molecular weight is 175 g/mol. The molecule has 0 aliphatic heterocycles. The predicted molar refractivity (Wildman–Crippen MR) is 55.3 cm³/mol. The van der Waals surface area contributed by atoms with Gasteiger partial charge in [0.05, 0.1) is 0 Å². The Hall–Kier alpha value is 0.310. The number of rotatable bonds is 6. The molecule has 0 aromatic rings. The highest BCUT2D eigenvalue weighted by Gasteiger charge is 1.94. The standard InChI is InChI=1S/C9H21NS/c1-8(2)7-10-5-6-11-9(3)4/h8-10H,5-7H2,1-4H3. The quantitative estimate of drug-likeness (QED) is 0.622. The lowest BCUT2D eigenvalue weighted by molar-refractivity contribution is 0.568. The monoisotopic (exact) mass is 175 g/mol. The summed E-state index contributed by atoms with van der Waals surface area (Å²) in [6.07, 6.45) is 0. The Morgan fingerprint density at radius 1 is 1.18 bits per heavy atom. The van der Waals surface area contributed by atoms with Crippen molar-refractivity contribution in [3.8, 4) is 0 Å². The normalized spacial score (nSPS) is 11.5. The van der Waals surface area contributed by atoms with Crippen LogP contribution in [0.2, 0.25) is 0 Å². The van der Waals surface area contributed by atoms with E-state index in [-0.39, 0.29) is 0 Å². The lowest BCUT2D eigenvalue weighted by Gasteiger charge is -2.07. The van der Waals surface area contributed by atoms with Gasteiger partial charge in [-0.3, -0.25) is 0 Å². The molecule has 0 rings (SSSR count). The SMILES string of the molecule is CC(C)CNCCSC(C)C. The molecule has 0 atom stereocenters. The summed E-state index contributed by atoms with van der Waals surface area (Å²) in [5, 5.41) is 4.19. The van der Waals surface area contributed by atoms with Crippen LogP contribution in [0.25, 0.3) is 0 Å². The molecule has 0 fully saturated rings. The molecule has 0 amide bonds. The molecular weight excluding hydrogens is 154 g/mol. The predicted octanol–water partition coefficient (Wildman–Crippen LogP) is 2.37. The summed E-state index contributed by atoms with van der Waals surface area (Å²) in [6.45, 7) is 11.3. The minimum Gasteiger partial charge on any atom is -0.316 e. The van der Waals surface area contributed by atoms with Gasteiger partial charge in [-0.25, -0.2) is 0 Å². The van der Waals surface area contributed by atoms with E-state index in [2.05, 4.69) is 33.0 Å².